The molecule has 1 fully saturated rings. The molecule has 3 rings (SSSR count). The van der Waals surface area contributed by atoms with E-state index in [1.807, 2.05) is 6.08 Å². The van der Waals surface area contributed by atoms with Crippen LogP contribution in [-0.2, 0) is 6.42 Å². The highest BCUT2D eigenvalue weighted by molar-refractivity contribution is 7.15. The Morgan fingerprint density at radius 1 is 1.17 bits per heavy atom. The predicted octanol–water partition coefficient (Wildman–Crippen LogP) is 4.45. The fourth-order valence-electron chi connectivity index (χ4n) is 2.65. The maximum absolute atomic E-state index is 13.3. The molecule has 0 spiro atoms. The molecular formula is C17H19F2N3S. The predicted molar refractivity (Wildman–Crippen MR) is 89.7 cm³/mol. The van der Waals surface area contributed by atoms with Gasteiger partial charge in [0.25, 0.3) is 0 Å². The van der Waals surface area contributed by atoms with Gasteiger partial charge in [0.15, 0.2) is 11.6 Å². The number of hydrogen-bond donors (Lipinski definition) is 0. The van der Waals surface area contributed by atoms with E-state index in [0.717, 1.165) is 48.9 Å². The number of aromatic nitrogens is 2. The lowest BCUT2D eigenvalue weighted by atomic mass is 10.0. The topological polar surface area (TPSA) is 29.0 Å². The molecule has 122 valence electrons. The first-order valence-electron chi connectivity index (χ1n) is 7.87. The molecule has 2 heterocycles. The van der Waals surface area contributed by atoms with Gasteiger partial charge in [-0.1, -0.05) is 36.0 Å². The summed E-state index contributed by atoms with van der Waals surface area (Å²) >= 11 is 1.67. The summed E-state index contributed by atoms with van der Waals surface area (Å²) in [4.78, 5) is 2.25. The zero-order chi connectivity index (χ0) is 16.2. The Kier molecular flexibility index (Phi) is 5.00. The maximum Gasteiger partial charge on any atom is 0.208 e. The third-order valence-corrected chi connectivity index (χ3v) is 4.95. The van der Waals surface area contributed by atoms with Crippen LogP contribution in [0.3, 0.4) is 0 Å². The van der Waals surface area contributed by atoms with Crippen molar-refractivity contribution in [2.24, 2.45) is 0 Å². The van der Waals surface area contributed by atoms with Crippen molar-refractivity contribution in [3.8, 4) is 0 Å². The van der Waals surface area contributed by atoms with Gasteiger partial charge in [-0.2, -0.15) is 0 Å². The first-order chi connectivity index (χ1) is 11.2. The number of halogens is 2. The minimum absolute atomic E-state index is 0.716. The number of benzene rings is 1. The van der Waals surface area contributed by atoms with Crippen LogP contribution in [0.1, 0.15) is 36.8 Å². The van der Waals surface area contributed by atoms with Crippen LogP contribution in [0.5, 0.6) is 0 Å². The molecule has 2 aromatic rings. The molecule has 1 saturated heterocycles. The van der Waals surface area contributed by atoms with Gasteiger partial charge in [-0.25, -0.2) is 8.78 Å². The molecule has 0 aliphatic carbocycles. The van der Waals surface area contributed by atoms with E-state index in [4.69, 9.17) is 0 Å². The van der Waals surface area contributed by atoms with Crippen LogP contribution in [0, 0.1) is 11.6 Å². The summed E-state index contributed by atoms with van der Waals surface area (Å²) in [6, 6.07) is 4.03. The molecule has 0 unspecified atom stereocenters. The van der Waals surface area contributed by atoms with Gasteiger partial charge in [-0.05, 0) is 37.0 Å². The van der Waals surface area contributed by atoms with Crippen molar-refractivity contribution in [1.29, 1.82) is 0 Å². The average molecular weight is 335 g/mol. The molecule has 1 aromatic heterocycles. The lowest BCUT2D eigenvalue weighted by molar-refractivity contribution is 0.508. The summed E-state index contributed by atoms with van der Waals surface area (Å²) in [7, 11) is 0. The third-order valence-electron chi connectivity index (χ3n) is 3.91. The Labute approximate surface area is 138 Å². The average Bonchev–Trinajstić information content (AvgIpc) is 3.01. The highest BCUT2D eigenvalue weighted by Crippen LogP contribution is 2.27. The first-order valence-corrected chi connectivity index (χ1v) is 8.69. The van der Waals surface area contributed by atoms with E-state index in [9.17, 15) is 8.78 Å². The molecule has 23 heavy (non-hydrogen) atoms. The van der Waals surface area contributed by atoms with Gasteiger partial charge in [-0.15, -0.1) is 10.2 Å². The SMILES string of the molecule is CCCc1nnc(N2CCC(=Cc3ccc(F)c(F)c3)CC2)s1. The second-order valence-corrected chi connectivity index (χ2v) is 6.73. The first kappa shape index (κ1) is 16.1. The van der Waals surface area contributed by atoms with Crippen molar-refractivity contribution in [3.05, 3.63) is 46.0 Å². The normalized spacial score (nSPS) is 15.1. The molecule has 1 aromatic carbocycles. The van der Waals surface area contributed by atoms with Crippen molar-refractivity contribution in [2.45, 2.75) is 32.6 Å². The van der Waals surface area contributed by atoms with E-state index in [0.29, 0.717) is 5.56 Å². The van der Waals surface area contributed by atoms with Crippen LogP contribution >= 0.6 is 11.3 Å². The van der Waals surface area contributed by atoms with Crippen molar-refractivity contribution in [1.82, 2.24) is 10.2 Å². The van der Waals surface area contributed by atoms with Crippen molar-refractivity contribution in [2.75, 3.05) is 18.0 Å². The number of rotatable bonds is 4. The maximum atomic E-state index is 13.3. The minimum Gasteiger partial charge on any atom is -0.346 e. The van der Waals surface area contributed by atoms with Gasteiger partial charge in [-0.3, -0.25) is 0 Å². The van der Waals surface area contributed by atoms with Crippen molar-refractivity contribution < 1.29 is 8.78 Å². The number of hydrogen-bond acceptors (Lipinski definition) is 4. The molecule has 0 N–H and O–H groups in total. The second-order valence-electron chi connectivity index (χ2n) is 5.69. The summed E-state index contributed by atoms with van der Waals surface area (Å²) in [5.41, 5.74) is 1.97. The van der Waals surface area contributed by atoms with Crippen LogP contribution in [0.15, 0.2) is 23.8 Å². The summed E-state index contributed by atoms with van der Waals surface area (Å²) in [6.07, 6.45) is 5.83. The van der Waals surface area contributed by atoms with E-state index < -0.39 is 11.6 Å². The minimum atomic E-state index is -0.805. The smallest absolute Gasteiger partial charge is 0.208 e. The van der Waals surface area contributed by atoms with Crippen LogP contribution in [0.4, 0.5) is 13.9 Å². The zero-order valence-electron chi connectivity index (χ0n) is 13.1. The van der Waals surface area contributed by atoms with Gasteiger partial charge in [0, 0.05) is 19.5 Å². The largest absolute Gasteiger partial charge is 0.346 e. The molecular weight excluding hydrogens is 316 g/mol. The zero-order valence-corrected chi connectivity index (χ0v) is 13.9. The van der Waals surface area contributed by atoms with Crippen LogP contribution in [-0.4, -0.2) is 23.3 Å². The van der Waals surface area contributed by atoms with E-state index in [1.165, 1.54) is 17.7 Å². The second kappa shape index (κ2) is 7.17. The van der Waals surface area contributed by atoms with Crippen molar-refractivity contribution >= 4 is 22.5 Å². The van der Waals surface area contributed by atoms with Crippen LogP contribution in [0.2, 0.25) is 0 Å². The van der Waals surface area contributed by atoms with Crippen LogP contribution < -0.4 is 4.90 Å². The molecule has 0 bridgehead atoms. The molecule has 3 nitrogen and oxygen atoms in total. The molecule has 0 radical (unpaired) electrons. The Morgan fingerprint density at radius 3 is 2.65 bits per heavy atom. The van der Waals surface area contributed by atoms with E-state index in [1.54, 1.807) is 17.4 Å². The van der Waals surface area contributed by atoms with Gasteiger partial charge in [0.2, 0.25) is 5.13 Å². The molecule has 0 atom stereocenters. The van der Waals surface area contributed by atoms with Gasteiger partial charge in [0.1, 0.15) is 5.01 Å². The number of piperidine rings is 1. The standard InChI is InChI=1S/C17H19F2N3S/c1-2-3-16-20-21-17(23-16)22-8-6-12(7-9-22)10-13-4-5-14(18)15(19)11-13/h4-5,10-11H,2-3,6-9H2,1H3. The van der Waals surface area contributed by atoms with Gasteiger partial charge >= 0.3 is 0 Å². The van der Waals surface area contributed by atoms with Gasteiger partial charge in [0.05, 0.1) is 0 Å². The van der Waals surface area contributed by atoms with E-state index >= 15 is 0 Å². The molecule has 0 saturated carbocycles. The fraction of sp³-hybridized carbons (Fsp3) is 0.412. The van der Waals surface area contributed by atoms with E-state index in [2.05, 4.69) is 22.0 Å². The lowest BCUT2D eigenvalue weighted by Crippen LogP contribution is -2.30. The Hall–Kier alpha value is -1.82. The summed E-state index contributed by atoms with van der Waals surface area (Å²) in [6.45, 7) is 3.91. The monoisotopic (exact) mass is 335 g/mol. The number of anilines is 1. The Morgan fingerprint density at radius 2 is 1.96 bits per heavy atom. The highest BCUT2D eigenvalue weighted by atomic mass is 32.1. The summed E-state index contributed by atoms with van der Waals surface area (Å²) in [5, 5.41) is 10.6. The molecule has 6 heteroatoms. The molecule has 1 aliphatic heterocycles. The summed E-state index contributed by atoms with van der Waals surface area (Å²) < 4.78 is 26.2. The van der Waals surface area contributed by atoms with Gasteiger partial charge < -0.3 is 4.90 Å². The highest BCUT2D eigenvalue weighted by Gasteiger charge is 2.18. The van der Waals surface area contributed by atoms with Crippen molar-refractivity contribution in [3.63, 3.8) is 0 Å². The quantitative estimate of drug-likeness (QED) is 0.826. The van der Waals surface area contributed by atoms with E-state index in [-0.39, 0.29) is 0 Å². The molecule has 0 amide bonds. The summed E-state index contributed by atoms with van der Waals surface area (Å²) in [5.74, 6) is -1.60. The number of nitrogens with zero attached hydrogens (tertiary/aromatic N) is 3. The molecule has 1 aliphatic rings. The van der Waals surface area contributed by atoms with Crippen LogP contribution in [0.25, 0.3) is 6.08 Å². The third kappa shape index (κ3) is 3.93. The number of aryl methyl sites for hydroxylation is 1. The lowest BCUT2D eigenvalue weighted by Gasteiger charge is -2.27. The Bertz CT molecular complexity index is 702. The fourth-order valence-corrected chi connectivity index (χ4v) is 3.65. The Balaban J connectivity index is 1.63.